The third kappa shape index (κ3) is 4.49. The van der Waals surface area contributed by atoms with Gasteiger partial charge in [-0.25, -0.2) is 0 Å². The molecule has 0 aromatic heterocycles. The molecule has 1 rings (SSSR count). The molecule has 1 aliphatic rings. The van der Waals surface area contributed by atoms with E-state index in [-0.39, 0.29) is 5.92 Å². The van der Waals surface area contributed by atoms with Gasteiger partial charge < -0.3 is 15.2 Å². The van der Waals surface area contributed by atoms with Gasteiger partial charge in [0.15, 0.2) is 0 Å². The normalized spacial score (nSPS) is 19.2. The van der Waals surface area contributed by atoms with E-state index in [0.29, 0.717) is 19.3 Å². The number of carboxylic acid groups (broad SMARTS) is 1. The topological polar surface area (TPSA) is 58.6 Å². The van der Waals surface area contributed by atoms with Crippen LogP contribution in [0.2, 0.25) is 0 Å². The molecule has 4 heteroatoms. The van der Waals surface area contributed by atoms with Gasteiger partial charge >= 0.3 is 5.97 Å². The van der Waals surface area contributed by atoms with Crippen molar-refractivity contribution >= 4 is 5.97 Å². The molecule has 94 valence electrons. The first-order chi connectivity index (χ1) is 7.61. The fourth-order valence-corrected chi connectivity index (χ4v) is 2.10. The molecule has 0 heterocycles. The second kappa shape index (κ2) is 6.86. The number of hydrogen-bond acceptors (Lipinski definition) is 3. The van der Waals surface area contributed by atoms with Crippen molar-refractivity contribution in [3.8, 4) is 0 Å². The zero-order valence-corrected chi connectivity index (χ0v) is 10.2. The zero-order valence-electron chi connectivity index (χ0n) is 10.2. The first-order valence-corrected chi connectivity index (χ1v) is 6.19. The zero-order chi connectivity index (χ0) is 12.0. The van der Waals surface area contributed by atoms with E-state index in [1.807, 2.05) is 13.8 Å². The molecule has 0 aromatic carbocycles. The molecule has 0 radical (unpaired) electrons. The minimum absolute atomic E-state index is 0.101. The van der Waals surface area contributed by atoms with Crippen LogP contribution in [0.15, 0.2) is 0 Å². The van der Waals surface area contributed by atoms with E-state index in [1.54, 1.807) is 0 Å². The lowest BCUT2D eigenvalue weighted by Gasteiger charge is -2.18. The quantitative estimate of drug-likeness (QED) is 0.652. The Morgan fingerprint density at radius 3 is 2.56 bits per heavy atom. The number of aliphatic carboxylic acids is 1. The van der Waals surface area contributed by atoms with Crippen LogP contribution in [0.25, 0.3) is 0 Å². The largest absolute Gasteiger partial charge is 0.480 e. The Hall–Kier alpha value is -0.610. The summed E-state index contributed by atoms with van der Waals surface area (Å²) in [6, 6.07) is -0.466. The molecule has 0 bridgehead atoms. The molecule has 0 aromatic rings. The molecule has 1 aliphatic carbocycles. The van der Waals surface area contributed by atoms with Crippen molar-refractivity contribution < 1.29 is 14.6 Å². The summed E-state index contributed by atoms with van der Waals surface area (Å²) in [5.41, 5.74) is 0. The SMILES string of the molecule is CC(C)C(NCCOC1CCCC1)C(=O)O. The van der Waals surface area contributed by atoms with E-state index < -0.39 is 12.0 Å². The van der Waals surface area contributed by atoms with Crippen LogP contribution < -0.4 is 5.32 Å². The maximum Gasteiger partial charge on any atom is 0.320 e. The van der Waals surface area contributed by atoms with Crippen molar-refractivity contribution in [3.05, 3.63) is 0 Å². The molecule has 4 nitrogen and oxygen atoms in total. The predicted molar refractivity (Wildman–Crippen MR) is 62.5 cm³/mol. The molecule has 2 N–H and O–H groups in total. The summed E-state index contributed by atoms with van der Waals surface area (Å²) in [6.07, 6.45) is 5.26. The van der Waals surface area contributed by atoms with Crippen molar-refractivity contribution in [1.29, 1.82) is 0 Å². The van der Waals surface area contributed by atoms with Crippen LogP contribution in [0.5, 0.6) is 0 Å². The maximum absolute atomic E-state index is 10.9. The van der Waals surface area contributed by atoms with Gasteiger partial charge in [0.2, 0.25) is 0 Å². The van der Waals surface area contributed by atoms with Crippen LogP contribution in [0.1, 0.15) is 39.5 Å². The summed E-state index contributed by atoms with van der Waals surface area (Å²) in [7, 11) is 0. The number of rotatable bonds is 7. The summed E-state index contributed by atoms with van der Waals surface area (Å²) in [5, 5.41) is 12.0. The van der Waals surface area contributed by atoms with Crippen LogP contribution in [-0.2, 0) is 9.53 Å². The molecular formula is C12H23NO3. The monoisotopic (exact) mass is 229 g/mol. The lowest BCUT2D eigenvalue weighted by molar-refractivity contribution is -0.140. The Kier molecular flexibility index (Phi) is 5.77. The Labute approximate surface area is 97.4 Å². The average molecular weight is 229 g/mol. The van der Waals surface area contributed by atoms with Gasteiger partial charge in [0, 0.05) is 6.54 Å². The molecule has 1 atom stereocenters. The van der Waals surface area contributed by atoms with Gasteiger partial charge in [-0.15, -0.1) is 0 Å². The molecular weight excluding hydrogens is 206 g/mol. The standard InChI is InChI=1S/C12H23NO3/c1-9(2)11(12(14)15)13-7-8-16-10-5-3-4-6-10/h9-11,13H,3-8H2,1-2H3,(H,14,15). The van der Waals surface area contributed by atoms with Crippen LogP contribution >= 0.6 is 0 Å². The van der Waals surface area contributed by atoms with Gasteiger partial charge in [0.05, 0.1) is 12.7 Å². The Balaban J connectivity index is 2.10. The number of ether oxygens (including phenoxy) is 1. The highest BCUT2D eigenvalue weighted by Gasteiger charge is 2.20. The van der Waals surface area contributed by atoms with Gasteiger partial charge in [0.25, 0.3) is 0 Å². The van der Waals surface area contributed by atoms with Crippen molar-refractivity contribution in [2.75, 3.05) is 13.2 Å². The second-order valence-electron chi connectivity index (χ2n) is 4.79. The second-order valence-corrected chi connectivity index (χ2v) is 4.79. The highest BCUT2D eigenvalue weighted by atomic mass is 16.5. The van der Waals surface area contributed by atoms with Crippen LogP contribution in [0.3, 0.4) is 0 Å². The highest BCUT2D eigenvalue weighted by Crippen LogP contribution is 2.20. The van der Waals surface area contributed by atoms with E-state index in [0.717, 1.165) is 12.8 Å². The van der Waals surface area contributed by atoms with Gasteiger partial charge in [-0.1, -0.05) is 26.7 Å². The molecule has 0 aliphatic heterocycles. The minimum atomic E-state index is -0.782. The summed E-state index contributed by atoms with van der Waals surface area (Å²) in [4.78, 5) is 10.9. The summed E-state index contributed by atoms with van der Waals surface area (Å²) >= 11 is 0. The molecule has 0 saturated heterocycles. The van der Waals surface area contributed by atoms with Crippen LogP contribution in [-0.4, -0.2) is 36.4 Å². The Morgan fingerprint density at radius 2 is 2.06 bits per heavy atom. The van der Waals surface area contributed by atoms with Gasteiger partial charge in [-0.2, -0.15) is 0 Å². The summed E-state index contributed by atoms with van der Waals surface area (Å²) < 4.78 is 5.66. The predicted octanol–water partition coefficient (Wildman–Crippen LogP) is 1.64. The van der Waals surface area contributed by atoms with E-state index >= 15 is 0 Å². The average Bonchev–Trinajstić information content (AvgIpc) is 2.68. The van der Waals surface area contributed by atoms with Gasteiger partial charge in [-0.05, 0) is 18.8 Å². The number of hydrogen-bond donors (Lipinski definition) is 2. The third-order valence-electron chi connectivity index (χ3n) is 3.05. The van der Waals surface area contributed by atoms with Crippen LogP contribution in [0.4, 0.5) is 0 Å². The van der Waals surface area contributed by atoms with E-state index in [4.69, 9.17) is 9.84 Å². The lowest BCUT2D eigenvalue weighted by Crippen LogP contribution is -2.42. The number of nitrogens with one attached hydrogen (secondary N) is 1. The Morgan fingerprint density at radius 1 is 1.44 bits per heavy atom. The van der Waals surface area contributed by atoms with Crippen LogP contribution in [0, 0.1) is 5.92 Å². The van der Waals surface area contributed by atoms with Crippen molar-refractivity contribution in [2.45, 2.75) is 51.7 Å². The summed E-state index contributed by atoms with van der Waals surface area (Å²) in [6.45, 7) is 5.04. The maximum atomic E-state index is 10.9. The Bertz CT molecular complexity index is 212. The fourth-order valence-electron chi connectivity index (χ4n) is 2.10. The van der Waals surface area contributed by atoms with Crippen molar-refractivity contribution in [3.63, 3.8) is 0 Å². The fraction of sp³-hybridized carbons (Fsp3) is 0.917. The van der Waals surface area contributed by atoms with Gasteiger partial charge in [-0.3, -0.25) is 4.79 Å². The minimum Gasteiger partial charge on any atom is -0.480 e. The van der Waals surface area contributed by atoms with Gasteiger partial charge in [0.1, 0.15) is 6.04 Å². The lowest BCUT2D eigenvalue weighted by atomic mass is 10.1. The highest BCUT2D eigenvalue weighted by molar-refractivity contribution is 5.73. The van der Waals surface area contributed by atoms with Crippen molar-refractivity contribution in [2.24, 2.45) is 5.92 Å². The molecule has 0 amide bonds. The molecule has 0 spiro atoms. The molecule has 1 fully saturated rings. The van der Waals surface area contributed by atoms with E-state index in [1.165, 1.54) is 12.8 Å². The van der Waals surface area contributed by atoms with E-state index in [9.17, 15) is 4.79 Å². The number of carboxylic acids is 1. The first kappa shape index (κ1) is 13.5. The van der Waals surface area contributed by atoms with Crippen molar-refractivity contribution in [1.82, 2.24) is 5.32 Å². The molecule has 1 saturated carbocycles. The summed E-state index contributed by atoms with van der Waals surface area (Å²) in [5.74, 6) is -0.681. The first-order valence-electron chi connectivity index (χ1n) is 6.19. The van der Waals surface area contributed by atoms with E-state index in [2.05, 4.69) is 5.32 Å². The number of carbonyl (C=O) groups is 1. The molecule has 1 unspecified atom stereocenters. The molecule has 16 heavy (non-hydrogen) atoms. The smallest absolute Gasteiger partial charge is 0.320 e. The third-order valence-corrected chi connectivity index (χ3v) is 3.05.